The summed E-state index contributed by atoms with van der Waals surface area (Å²) in [6.07, 6.45) is 11.8. The van der Waals surface area contributed by atoms with Crippen molar-refractivity contribution in [1.82, 2.24) is 5.32 Å². The number of esters is 1. The normalized spacial score (nSPS) is 43.9. The molecule has 4 bridgehead atoms. The van der Waals surface area contributed by atoms with E-state index in [9.17, 15) is 9.59 Å². The zero-order chi connectivity index (χ0) is 18.3. The summed E-state index contributed by atoms with van der Waals surface area (Å²) in [4.78, 5) is 24.7. The van der Waals surface area contributed by atoms with Crippen molar-refractivity contribution in [3.05, 3.63) is 0 Å². The van der Waals surface area contributed by atoms with E-state index < -0.39 is 0 Å². The summed E-state index contributed by atoms with van der Waals surface area (Å²) in [7, 11) is 0. The summed E-state index contributed by atoms with van der Waals surface area (Å²) in [5.41, 5.74) is 0.190. The van der Waals surface area contributed by atoms with E-state index in [1.54, 1.807) is 0 Å². The Labute approximate surface area is 157 Å². The van der Waals surface area contributed by atoms with Gasteiger partial charge in [-0.05, 0) is 80.0 Å². The van der Waals surface area contributed by atoms with Gasteiger partial charge in [0.15, 0.2) is 6.61 Å². The molecule has 5 saturated carbocycles. The van der Waals surface area contributed by atoms with Crippen LogP contribution in [-0.4, -0.2) is 24.5 Å². The standard InChI is InChI=1S/C22H35NO3/c1-14-4-3-5-19(15(14)2)23-20(24)13-26-21(25)12-22-9-16-6-17(10-22)8-18(7-16)11-22/h14-19H,3-13H2,1-2H3,(H,23,24). The molecule has 0 heterocycles. The fourth-order valence-electron chi connectivity index (χ4n) is 7.04. The Balaban J connectivity index is 1.23. The first kappa shape index (κ1) is 18.3. The molecule has 5 fully saturated rings. The molecule has 0 aliphatic heterocycles. The van der Waals surface area contributed by atoms with Gasteiger partial charge < -0.3 is 10.1 Å². The average molecular weight is 362 g/mol. The van der Waals surface area contributed by atoms with Gasteiger partial charge in [-0.2, -0.15) is 0 Å². The molecule has 0 saturated heterocycles. The second-order valence-electron chi connectivity index (χ2n) is 10.2. The van der Waals surface area contributed by atoms with E-state index in [1.165, 1.54) is 51.4 Å². The molecular weight excluding hydrogens is 326 g/mol. The quantitative estimate of drug-likeness (QED) is 0.751. The number of ether oxygens (including phenoxy) is 1. The fourth-order valence-corrected chi connectivity index (χ4v) is 7.04. The van der Waals surface area contributed by atoms with Crippen LogP contribution in [0.3, 0.4) is 0 Å². The molecule has 26 heavy (non-hydrogen) atoms. The van der Waals surface area contributed by atoms with Crippen molar-refractivity contribution in [1.29, 1.82) is 0 Å². The van der Waals surface area contributed by atoms with Crippen LogP contribution in [0.2, 0.25) is 0 Å². The first-order valence-electron chi connectivity index (χ1n) is 10.9. The molecule has 3 unspecified atom stereocenters. The predicted octanol–water partition coefficient (Wildman–Crippen LogP) is 4.08. The summed E-state index contributed by atoms with van der Waals surface area (Å²) in [6.45, 7) is 4.37. The third kappa shape index (κ3) is 3.80. The van der Waals surface area contributed by atoms with Crippen molar-refractivity contribution >= 4 is 11.9 Å². The highest BCUT2D eigenvalue weighted by Crippen LogP contribution is 2.61. The lowest BCUT2D eigenvalue weighted by Gasteiger charge is -2.56. The lowest BCUT2D eigenvalue weighted by molar-refractivity contribution is -0.155. The van der Waals surface area contributed by atoms with Gasteiger partial charge in [0.2, 0.25) is 0 Å². The van der Waals surface area contributed by atoms with E-state index in [4.69, 9.17) is 4.74 Å². The van der Waals surface area contributed by atoms with Crippen molar-refractivity contribution in [2.45, 2.75) is 84.1 Å². The molecule has 5 rings (SSSR count). The van der Waals surface area contributed by atoms with Crippen molar-refractivity contribution < 1.29 is 14.3 Å². The van der Waals surface area contributed by atoms with E-state index in [2.05, 4.69) is 19.2 Å². The van der Waals surface area contributed by atoms with Crippen LogP contribution in [0.25, 0.3) is 0 Å². The van der Waals surface area contributed by atoms with Crippen molar-refractivity contribution in [3.8, 4) is 0 Å². The maximum absolute atomic E-state index is 12.4. The topological polar surface area (TPSA) is 55.4 Å². The van der Waals surface area contributed by atoms with Gasteiger partial charge in [-0.1, -0.05) is 26.7 Å². The number of rotatable bonds is 5. The van der Waals surface area contributed by atoms with Crippen LogP contribution in [0, 0.1) is 35.0 Å². The largest absolute Gasteiger partial charge is 0.456 e. The number of hydrogen-bond acceptors (Lipinski definition) is 3. The van der Waals surface area contributed by atoms with E-state index in [1.807, 2.05) is 0 Å². The summed E-state index contributed by atoms with van der Waals surface area (Å²) >= 11 is 0. The van der Waals surface area contributed by atoms with E-state index >= 15 is 0 Å². The van der Waals surface area contributed by atoms with Crippen molar-refractivity contribution in [2.75, 3.05) is 6.61 Å². The van der Waals surface area contributed by atoms with Crippen LogP contribution in [0.15, 0.2) is 0 Å². The van der Waals surface area contributed by atoms with Gasteiger partial charge in [0.05, 0.1) is 6.42 Å². The minimum absolute atomic E-state index is 0.108. The number of nitrogens with one attached hydrogen (secondary N) is 1. The molecule has 146 valence electrons. The first-order chi connectivity index (χ1) is 12.4. The molecule has 5 aliphatic carbocycles. The number of hydrogen-bond donors (Lipinski definition) is 1. The van der Waals surface area contributed by atoms with E-state index in [-0.39, 0.29) is 29.9 Å². The maximum atomic E-state index is 12.4. The zero-order valence-corrected chi connectivity index (χ0v) is 16.5. The average Bonchev–Trinajstić information content (AvgIpc) is 2.55. The van der Waals surface area contributed by atoms with Crippen LogP contribution in [0.5, 0.6) is 0 Å². The molecule has 0 aromatic carbocycles. The second-order valence-corrected chi connectivity index (χ2v) is 10.2. The molecule has 4 heteroatoms. The molecule has 4 nitrogen and oxygen atoms in total. The SMILES string of the molecule is CC1CCCC(NC(=O)COC(=O)CC23CC4CC(CC(C4)C2)C3)C1C. The Morgan fingerprint density at radius 2 is 1.62 bits per heavy atom. The third-order valence-corrected chi connectivity index (χ3v) is 8.10. The van der Waals surface area contributed by atoms with Gasteiger partial charge in [-0.25, -0.2) is 0 Å². The predicted molar refractivity (Wildman–Crippen MR) is 100 cm³/mol. The molecule has 5 aliphatic rings. The Hall–Kier alpha value is -1.06. The minimum atomic E-state index is -0.160. The van der Waals surface area contributed by atoms with E-state index in [0.717, 1.165) is 24.2 Å². The molecule has 1 amide bonds. The van der Waals surface area contributed by atoms with Gasteiger partial charge in [0.1, 0.15) is 0 Å². The molecule has 0 aromatic rings. The number of amides is 1. The Bertz CT molecular complexity index is 522. The molecule has 0 radical (unpaired) electrons. The number of carbonyl (C=O) groups excluding carboxylic acids is 2. The van der Waals surface area contributed by atoms with Gasteiger partial charge >= 0.3 is 5.97 Å². The smallest absolute Gasteiger partial charge is 0.306 e. The van der Waals surface area contributed by atoms with Gasteiger partial charge in [0, 0.05) is 6.04 Å². The van der Waals surface area contributed by atoms with E-state index in [0.29, 0.717) is 18.3 Å². The monoisotopic (exact) mass is 361 g/mol. The molecular formula is C22H35NO3. The highest BCUT2D eigenvalue weighted by Gasteiger charge is 2.51. The van der Waals surface area contributed by atoms with Crippen LogP contribution >= 0.6 is 0 Å². The molecule has 1 N–H and O–H groups in total. The molecule has 0 aromatic heterocycles. The molecule has 3 atom stereocenters. The highest BCUT2D eigenvalue weighted by molar-refractivity contribution is 5.81. The van der Waals surface area contributed by atoms with Crippen LogP contribution in [0.1, 0.15) is 78.1 Å². The summed E-state index contributed by atoms with van der Waals surface area (Å²) in [5.74, 6) is 3.37. The Morgan fingerprint density at radius 3 is 2.23 bits per heavy atom. The van der Waals surface area contributed by atoms with Crippen molar-refractivity contribution in [3.63, 3.8) is 0 Å². The Morgan fingerprint density at radius 1 is 1.00 bits per heavy atom. The second kappa shape index (κ2) is 7.16. The number of carbonyl (C=O) groups is 2. The Kier molecular flexibility index (Phi) is 5.04. The van der Waals surface area contributed by atoms with Gasteiger partial charge in [-0.3, -0.25) is 9.59 Å². The third-order valence-electron chi connectivity index (χ3n) is 8.10. The van der Waals surface area contributed by atoms with Crippen LogP contribution in [-0.2, 0) is 14.3 Å². The highest BCUT2D eigenvalue weighted by atomic mass is 16.5. The minimum Gasteiger partial charge on any atom is -0.456 e. The van der Waals surface area contributed by atoms with Crippen LogP contribution in [0.4, 0.5) is 0 Å². The first-order valence-corrected chi connectivity index (χ1v) is 10.9. The zero-order valence-electron chi connectivity index (χ0n) is 16.5. The fraction of sp³-hybridized carbons (Fsp3) is 0.909. The van der Waals surface area contributed by atoms with Crippen molar-refractivity contribution in [2.24, 2.45) is 35.0 Å². The van der Waals surface area contributed by atoms with Crippen LogP contribution < -0.4 is 5.32 Å². The van der Waals surface area contributed by atoms with Gasteiger partial charge in [0.25, 0.3) is 5.91 Å². The summed E-state index contributed by atoms with van der Waals surface area (Å²) < 4.78 is 5.40. The van der Waals surface area contributed by atoms with Gasteiger partial charge in [-0.15, -0.1) is 0 Å². The lowest BCUT2D eigenvalue weighted by atomic mass is 9.49. The summed E-state index contributed by atoms with van der Waals surface area (Å²) in [6, 6.07) is 0.230. The summed E-state index contributed by atoms with van der Waals surface area (Å²) in [5, 5.41) is 3.10. The maximum Gasteiger partial charge on any atom is 0.306 e. The lowest BCUT2D eigenvalue weighted by Crippen LogP contribution is -2.47. The molecule has 0 spiro atoms.